The summed E-state index contributed by atoms with van der Waals surface area (Å²) >= 11 is 1.96. The normalized spacial score (nSPS) is 12.5. The largest absolute Gasteiger partial charge is 0.491 e. The predicted octanol–water partition coefficient (Wildman–Crippen LogP) is 5.45. The van der Waals surface area contributed by atoms with Gasteiger partial charge >= 0.3 is 0 Å². The van der Waals surface area contributed by atoms with E-state index < -0.39 is 0 Å². The molecule has 0 bridgehead atoms. The van der Waals surface area contributed by atoms with E-state index in [-0.39, 0.29) is 6.10 Å². The standard InChI is InChI=1S/C21H37NO2S/c1-4-7-14-22(15-8-5-2)19-24-21(18-25-16-6-3)17-23-20-12-10-9-11-13-20/h9-13,21H,4-8,14-19H2,1-3H3. The molecule has 0 radical (unpaired) electrons. The van der Waals surface area contributed by atoms with Gasteiger partial charge in [-0.1, -0.05) is 51.8 Å². The number of benzene rings is 1. The van der Waals surface area contributed by atoms with E-state index in [0.717, 1.165) is 31.3 Å². The van der Waals surface area contributed by atoms with Crippen molar-refractivity contribution in [3.8, 4) is 5.75 Å². The SMILES string of the molecule is CCCCN(CCCC)COC(COc1ccccc1)CSCCC. The lowest BCUT2D eigenvalue weighted by Crippen LogP contribution is -2.34. The summed E-state index contributed by atoms with van der Waals surface area (Å²) in [5, 5.41) is 0. The van der Waals surface area contributed by atoms with Gasteiger partial charge in [0.1, 0.15) is 18.5 Å². The van der Waals surface area contributed by atoms with E-state index in [0.29, 0.717) is 6.61 Å². The number of hydrogen-bond acceptors (Lipinski definition) is 4. The van der Waals surface area contributed by atoms with Crippen molar-refractivity contribution in [1.82, 2.24) is 4.90 Å². The molecule has 0 aliphatic carbocycles. The fourth-order valence-electron chi connectivity index (χ4n) is 2.42. The maximum absolute atomic E-state index is 6.25. The van der Waals surface area contributed by atoms with Gasteiger partial charge in [0.2, 0.25) is 0 Å². The number of thioether (sulfide) groups is 1. The highest BCUT2D eigenvalue weighted by Crippen LogP contribution is 2.13. The zero-order valence-corrected chi connectivity index (χ0v) is 17.2. The summed E-state index contributed by atoms with van der Waals surface area (Å²) in [6.45, 7) is 10.3. The van der Waals surface area contributed by atoms with Gasteiger partial charge < -0.3 is 9.47 Å². The lowest BCUT2D eigenvalue weighted by Gasteiger charge is -2.25. The highest BCUT2D eigenvalue weighted by molar-refractivity contribution is 7.99. The first-order valence-electron chi connectivity index (χ1n) is 9.89. The average Bonchev–Trinajstić information content (AvgIpc) is 2.65. The van der Waals surface area contributed by atoms with Crippen LogP contribution in [0.5, 0.6) is 5.75 Å². The molecule has 1 aromatic carbocycles. The average molecular weight is 368 g/mol. The third-order valence-electron chi connectivity index (χ3n) is 3.98. The van der Waals surface area contributed by atoms with Crippen molar-refractivity contribution in [2.24, 2.45) is 0 Å². The van der Waals surface area contributed by atoms with Gasteiger partial charge in [-0.25, -0.2) is 0 Å². The van der Waals surface area contributed by atoms with Crippen LogP contribution in [0.15, 0.2) is 30.3 Å². The fourth-order valence-corrected chi connectivity index (χ4v) is 3.34. The van der Waals surface area contributed by atoms with E-state index in [1.165, 1.54) is 37.9 Å². The number of nitrogens with zero attached hydrogens (tertiary/aromatic N) is 1. The summed E-state index contributed by atoms with van der Waals surface area (Å²) in [6, 6.07) is 10.0. The van der Waals surface area contributed by atoms with Crippen molar-refractivity contribution >= 4 is 11.8 Å². The molecule has 0 aliphatic heterocycles. The number of hydrogen-bond donors (Lipinski definition) is 0. The zero-order chi connectivity index (χ0) is 18.2. The Morgan fingerprint density at radius 2 is 1.64 bits per heavy atom. The van der Waals surface area contributed by atoms with E-state index in [9.17, 15) is 0 Å². The van der Waals surface area contributed by atoms with Gasteiger partial charge in [0.25, 0.3) is 0 Å². The van der Waals surface area contributed by atoms with Crippen LogP contribution in [-0.2, 0) is 4.74 Å². The van der Waals surface area contributed by atoms with Crippen molar-refractivity contribution in [2.45, 2.75) is 59.0 Å². The molecule has 0 saturated carbocycles. The van der Waals surface area contributed by atoms with E-state index in [4.69, 9.17) is 9.47 Å². The summed E-state index contributed by atoms with van der Waals surface area (Å²) in [5.41, 5.74) is 0. The minimum Gasteiger partial charge on any atom is -0.491 e. The molecule has 1 aromatic rings. The van der Waals surface area contributed by atoms with Crippen LogP contribution in [0.2, 0.25) is 0 Å². The predicted molar refractivity (Wildman–Crippen MR) is 111 cm³/mol. The second-order valence-electron chi connectivity index (χ2n) is 6.44. The van der Waals surface area contributed by atoms with Crippen LogP contribution in [0.25, 0.3) is 0 Å². The van der Waals surface area contributed by atoms with Gasteiger partial charge in [-0.15, -0.1) is 0 Å². The number of para-hydroxylation sites is 1. The Labute approximate surface area is 159 Å². The molecule has 1 unspecified atom stereocenters. The molecule has 0 fully saturated rings. The Hall–Kier alpha value is -0.710. The highest BCUT2D eigenvalue weighted by Gasteiger charge is 2.13. The molecule has 0 N–H and O–H groups in total. The highest BCUT2D eigenvalue weighted by atomic mass is 32.2. The van der Waals surface area contributed by atoms with Gasteiger partial charge in [-0.2, -0.15) is 11.8 Å². The summed E-state index contributed by atoms with van der Waals surface area (Å²) in [7, 11) is 0. The van der Waals surface area contributed by atoms with Crippen LogP contribution >= 0.6 is 11.8 Å². The second kappa shape index (κ2) is 15.5. The molecule has 0 aliphatic rings. The summed E-state index contributed by atoms with van der Waals surface area (Å²) < 4.78 is 12.2. The van der Waals surface area contributed by atoms with Crippen molar-refractivity contribution < 1.29 is 9.47 Å². The van der Waals surface area contributed by atoms with Crippen molar-refractivity contribution in [2.75, 3.05) is 37.9 Å². The Morgan fingerprint density at radius 3 is 2.24 bits per heavy atom. The van der Waals surface area contributed by atoms with Crippen LogP contribution in [0.4, 0.5) is 0 Å². The van der Waals surface area contributed by atoms with E-state index in [2.05, 4.69) is 25.7 Å². The van der Waals surface area contributed by atoms with E-state index >= 15 is 0 Å². The number of ether oxygens (including phenoxy) is 2. The number of unbranched alkanes of at least 4 members (excludes halogenated alkanes) is 2. The molecular formula is C21H37NO2S. The third kappa shape index (κ3) is 11.5. The lowest BCUT2D eigenvalue weighted by atomic mass is 10.3. The van der Waals surface area contributed by atoms with Crippen LogP contribution in [0, 0.1) is 0 Å². The molecular weight excluding hydrogens is 330 g/mol. The van der Waals surface area contributed by atoms with Crippen LogP contribution in [0.3, 0.4) is 0 Å². The fraction of sp³-hybridized carbons (Fsp3) is 0.714. The first-order chi connectivity index (χ1) is 12.3. The van der Waals surface area contributed by atoms with E-state index in [1.54, 1.807) is 0 Å². The van der Waals surface area contributed by atoms with E-state index in [1.807, 2.05) is 42.1 Å². The Bertz CT molecular complexity index is 394. The van der Waals surface area contributed by atoms with Crippen molar-refractivity contribution in [3.05, 3.63) is 30.3 Å². The van der Waals surface area contributed by atoms with Gasteiger partial charge in [-0.05, 0) is 37.1 Å². The molecule has 25 heavy (non-hydrogen) atoms. The molecule has 1 rings (SSSR count). The maximum Gasteiger partial charge on any atom is 0.119 e. The molecule has 0 aromatic heterocycles. The first kappa shape index (κ1) is 22.3. The first-order valence-corrected chi connectivity index (χ1v) is 11.0. The van der Waals surface area contributed by atoms with Crippen LogP contribution < -0.4 is 4.74 Å². The van der Waals surface area contributed by atoms with Crippen LogP contribution in [-0.4, -0.2) is 48.9 Å². The molecule has 0 spiro atoms. The Morgan fingerprint density at radius 1 is 0.960 bits per heavy atom. The quantitative estimate of drug-likeness (QED) is 0.286. The van der Waals surface area contributed by atoms with Gasteiger partial charge in [0.05, 0.1) is 6.73 Å². The van der Waals surface area contributed by atoms with Gasteiger partial charge in [0.15, 0.2) is 0 Å². The summed E-state index contributed by atoms with van der Waals surface area (Å²) in [4.78, 5) is 2.45. The maximum atomic E-state index is 6.25. The van der Waals surface area contributed by atoms with Gasteiger partial charge in [-0.3, -0.25) is 4.90 Å². The van der Waals surface area contributed by atoms with Crippen molar-refractivity contribution in [3.63, 3.8) is 0 Å². The number of rotatable bonds is 16. The van der Waals surface area contributed by atoms with Gasteiger partial charge in [0, 0.05) is 18.8 Å². The summed E-state index contributed by atoms with van der Waals surface area (Å²) in [6.07, 6.45) is 6.29. The molecule has 0 amide bonds. The van der Waals surface area contributed by atoms with Crippen molar-refractivity contribution in [1.29, 1.82) is 0 Å². The Kier molecular flexibility index (Phi) is 13.9. The minimum atomic E-state index is 0.141. The molecule has 144 valence electrons. The molecule has 1 atom stereocenters. The minimum absolute atomic E-state index is 0.141. The Balaban J connectivity index is 2.45. The smallest absolute Gasteiger partial charge is 0.119 e. The van der Waals surface area contributed by atoms with Crippen LogP contribution in [0.1, 0.15) is 52.9 Å². The molecule has 4 heteroatoms. The molecule has 0 saturated heterocycles. The molecule has 0 heterocycles. The monoisotopic (exact) mass is 367 g/mol. The zero-order valence-electron chi connectivity index (χ0n) is 16.4. The lowest BCUT2D eigenvalue weighted by molar-refractivity contribution is -0.0305. The second-order valence-corrected chi connectivity index (χ2v) is 7.59. The topological polar surface area (TPSA) is 21.7 Å². The third-order valence-corrected chi connectivity index (χ3v) is 5.28. The molecule has 3 nitrogen and oxygen atoms in total. The summed E-state index contributed by atoms with van der Waals surface area (Å²) in [5.74, 6) is 3.10.